The average Bonchev–Trinajstić information content (AvgIpc) is 2.47. The molecule has 0 atom stereocenters. The van der Waals surface area contributed by atoms with Crippen LogP contribution >= 0.6 is 7.26 Å². The normalized spacial score (nSPS) is 10.6. The van der Waals surface area contributed by atoms with Gasteiger partial charge in [0.15, 0.2) is 0 Å². The average molecular weight is 375 g/mol. The largest absolute Gasteiger partial charge is 1.00 e. The van der Waals surface area contributed by atoms with Crippen molar-refractivity contribution in [2.75, 3.05) is 12.3 Å². The fraction of sp³-hybridized carbons (Fsp3) is 0.200. The minimum Gasteiger partial charge on any atom is -1.00 e. The summed E-state index contributed by atoms with van der Waals surface area (Å²) in [4.78, 5) is 0. The number of rotatable bonds is 6. The summed E-state index contributed by atoms with van der Waals surface area (Å²) < 4.78 is 0. The zero-order valence-corrected chi connectivity index (χ0v) is 15.9. The molecule has 2 aromatic carbocycles. The second-order valence-electron chi connectivity index (χ2n) is 5.87. The van der Waals surface area contributed by atoms with Gasteiger partial charge in [-0.05, 0) is 49.3 Å². The molecule has 0 aromatic heterocycles. The number of hydrogen-bond donors (Lipinski definition) is 0. The number of hydrogen-bond acceptors (Lipinski definition) is 0. The summed E-state index contributed by atoms with van der Waals surface area (Å²) in [6.45, 7) is 12.7. The molecule has 0 spiro atoms. The van der Waals surface area contributed by atoms with Gasteiger partial charge >= 0.3 is 0 Å². The summed E-state index contributed by atoms with van der Waals surface area (Å²) >= 11 is 0. The van der Waals surface area contributed by atoms with Crippen LogP contribution in [0.25, 0.3) is 0 Å². The first-order valence-electron chi connectivity index (χ1n) is 7.32. The Kier molecular flexibility index (Phi) is 7.26. The minimum absolute atomic E-state index is 0. The van der Waals surface area contributed by atoms with Crippen LogP contribution < -0.4 is 27.6 Å². The minimum atomic E-state index is -1.51. The third-order valence-electron chi connectivity index (χ3n) is 3.58. The van der Waals surface area contributed by atoms with Gasteiger partial charge in [0.25, 0.3) is 0 Å². The van der Waals surface area contributed by atoms with Crippen molar-refractivity contribution < 1.29 is 17.0 Å². The van der Waals surface area contributed by atoms with Gasteiger partial charge in [0, 0.05) is 0 Å². The predicted octanol–water partition coefficient (Wildman–Crippen LogP) is 1.81. The molecule has 116 valence electrons. The molecule has 0 aliphatic carbocycles. The lowest BCUT2D eigenvalue weighted by atomic mass is 10.4. The van der Waals surface area contributed by atoms with E-state index in [1.54, 1.807) is 0 Å². The van der Waals surface area contributed by atoms with Crippen LogP contribution in [-0.4, -0.2) is 12.3 Å². The SMILES string of the molecule is C=C(C)C[P+](CC(=C)C)(c1ccccc1)c1ccccc1.[Br-]. The van der Waals surface area contributed by atoms with Gasteiger partial charge in [0.05, 0.1) is 30.2 Å². The Hall–Kier alpha value is -1.17. The van der Waals surface area contributed by atoms with Crippen LogP contribution in [0.3, 0.4) is 0 Å². The molecule has 0 bridgehead atoms. The number of halogens is 1. The van der Waals surface area contributed by atoms with Crippen molar-refractivity contribution in [1.29, 1.82) is 0 Å². The number of benzene rings is 2. The Bertz CT molecular complexity index is 559. The molecule has 0 aliphatic rings. The smallest absolute Gasteiger partial charge is 0.0998 e. The Morgan fingerprint density at radius 1 is 0.727 bits per heavy atom. The fourth-order valence-electron chi connectivity index (χ4n) is 2.92. The molecule has 0 amide bonds. The molecule has 0 aliphatic heterocycles. The van der Waals surface area contributed by atoms with Crippen molar-refractivity contribution in [2.24, 2.45) is 0 Å². The van der Waals surface area contributed by atoms with E-state index in [-0.39, 0.29) is 17.0 Å². The van der Waals surface area contributed by atoms with Crippen molar-refractivity contribution in [3.8, 4) is 0 Å². The van der Waals surface area contributed by atoms with Crippen molar-refractivity contribution in [1.82, 2.24) is 0 Å². The summed E-state index contributed by atoms with van der Waals surface area (Å²) in [6.07, 6.45) is 2.10. The van der Waals surface area contributed by atoms with E-state index in [2.05, 4.69) is 87.7 Å². The van der Waals surface area contributed by atoms with E-state index in [1.807, 2.05) is 0 Å². The molecule has 0 saturated carbocycles. The first-order valence-corrected chi connectivity index (χ1v) is 9.47. The zero-order valence-electron chi connectivity index (χ0n) is 13.4. The molecule has 2 heteroatoms. The highest BCUT2D eigenvalue weighted by Crippen LogP contribution is 2.58. The monoisotopic (exact) mass is 374 g/mol. The van der Waals surface area contributed by atoms with E-state index in [1.165, 1.54) is 21.8 Å². The molecule has 0 fully saturated rings. The van der Waals surface area contributed by atoms with Crippen LogP contribution in [0, 0.1) is 0 Å². The summed E-state index contributed by atoms with van der Waals surface area (Å²) in [5, 5.41) is 2.89. The molecule has 0 unspecified atom stereocenters. The highest BCUT2D eigenvalue weighted by molar-refractivity contribution is 7.89. The molecule has 2 rings (SSSR count). The van der Waals surface area contributed by atoms with Gasteiger partial charge in [0.1, 0.15) is 0 Å². The molecule has 0 heterocycles. The van der Waals surface area contributed by atoms with Crippen molar-refractivity contribution in [3.05, 3.63) is 85.0 Å². The quantitative estimate of drug-likeness (QED) is 0.534. The summed E-state index contributed by atoms with van der Waals surface area (Å²) in [6, 6.07) is 21.8. The maximum absolute atomic E-state index is 4.20. The third-order valence-corrected chi connectivity index (χ3v) is 8.31. The Morgan fingerprint density at radius 3 is 1.32 bits per heavy atom. The van der Waals surface area contributed by atoms with Gasteiger partial charge in [-0.2, -0.15) is 0 Å². The van der Waals surface area contributed by atoms with E-state index in [0.717, 1.165) is 12.3 Å². The van der Waals surface area contributed by atoms with Gasteiger partial charge < -0.3 is 17.0 Å². The van der Waals surface area contributed by atoms with Crippen LogP contribution in [0.1, 0.15) is 13.8 Å². The lowest BCUT2D eigenvalue weighted by molar-refractivity contribution is -0.00000444. The predicted molar refractivity (Wildman–Crippen MR) is 98.4 cm³/mol. The molecule has 0 radical (unpaired) electrons. The van der Waals surface area contributed by atoms with E-state index < -0.39 is 7.26 Å². The summed E-state index contributed by atoms with van der Waals surface area (Å²) in [5.74, 6) is 0. The lowest BCUT2D eigenvalue weighted by Gasteiger charge is -2.28. The maximum atomic E-state index is 4.20. The standard InChI is InChI=1S/C20H24P.BrH/c1-17(2)15-21(16-18(3)4,19-11-7-5-8-12-19)20-13-9-6-10-14-20;/h5-14H,1,3,15-16H2,2,4H3;1H/q+1;/p-1. The Morgan fingerprint density at radius 2 is 1.05 bits per heavy atom. The van der Waals surface area contributed by atoms with Gasteiger partial charge in [-0.3, -0.25) is 0 Å². The van der Waals surface area contributed by atoms with Crippen LogP contribution in [-0.2, 0) is 0 Å². The molecule has 22 heavy (non-hydrogen) atoms. The van der Waals surface area contributed by atoms with Crippen LogP contribution in [0.15, 0.2) is 85.0 Å². The van der Waals surface area contributed by atoms with E-state index >= 15 is 0 Å². The summed E-state index contributed by atoms with van der Waals surface area (Å²) in [5.41, 5.74) is 2.49. The molecular formula is C20H24BrP. The van der Waals surface area contributed by atoms with Gasteiger partial charge in [0.2, 0.25) is 0 Å². The van der Waals surface area contributed by atoms with Crippen molar-refractivity contribution in [2.45, 2.75) is 13.8 Å². The molecule has 0 saturated heterocycles. The highest BCUT2D eigenvalue weighted by Gasteiger charge is 2.42. The lowest BCUT2D eigenvalue weighted by Crippen LogP contribution is -3.00. The van der Waals surface area contributed by atoms with Crippen LogP contribution in [0.2, 0.25) is 0 Å². The van der Waals surface area contributed by atoms with Gasteiger partial charge in [-0.25, -0.2) is 0 Å². The molecule has 2 aromatic rings. The molecule has 0 nitrogen and oxygen atoms in total. The third kappa shape index (κ3) is 4.41. The zero-order chi connectivity index (χ0) is 15.3. The Labute approximate surface area is 146 Å². The van der Waals surface area contributed by atoms with E-state index in [0.29, 0.717) is 0 Å². The van der Waals surface area contributed by atoms with E-state index in [9.17, 15) is 0 Å². The second kappa shape index (κ2) is 8.46. The summed E-state index contributed by atoms with van der Waals surface area (Å²) in [7, 11) is -1.51. The van der Waals surface area contributed by atoms with E-state index in [4.69, 9.17) is 0 Å². The Balaban J connectivity index is 0.00000242. The molecular weight excluding hydrogens is 351 g/mol. The highest BCUT2D eigenvalue weighted by atomic mass is 79.9. The maximum Gasteiger partial charge on any atom is 0.0998 e. The molecule has 0 N–H and O–H groups in total. The first kappa shape index (κ1) is 18.9. The number of allylic oxidation sites excluding steroid dienone is 2. The van der Waals surface area contributed by atoms with Crippen molar-refractivity contribution >= 4 is 17.9 Å². The van der Waals surface area contributed by atoms with Crippen LogP contribution in [0.5, 0.6) is 0 Å². The van der Waals surface area contributed by atoms with Crippen LogP contribution in [0.4, 0.5) is 0 Å². The fourth-order valence-corrected chi connectivity index (χ4v) is 7.39. The topological polar surface area (TPSA) is 0 Å². The first-order chi connectivity index (χ1) is 10.0. The van der Waals surface area contributed by atoms with Gasteiger partial charge in [-0.15, -0.1) is 0 Å². The van der Waals surface area contributed by atoms with Crippen molar-refractivity contribution in [3.63, 3.8) is 0 Å². The van der Waals surface area contributed by atoms with Gasteiger partial charge in [-0.1, -0.05) is 49.6 Å². The second-order valence-corrected chi connectivity index (χ2v) is 9.47.